The van der Waals surface area contributed by atoms with Crippen molar-refractivity contribution in [1.29, 1.82) is 0 Å². The molecule has 0 aliphatic carbocycles. The molecule has 0 radical (unpaired) electrons. The first-order chi connectivity index (χ1) is 8.60. The normalized spacial score (nSPS) is 19.0. The lowest BCUT2D eigenvalue weighted by molar-refractivity contribution is 0.142. The fraction of sp³-hybridized carbons (Fsp3) is 0.571. The summed E-state index contributed by atoms with van der Waals surface area (Å²) < 4.78 is 0. The van der Waals surface area contributed by atoms with Gasteiger partial charge in [0.2, 0.25) is 0 Å². The summed E-state index contributed by atoms with van der Waals surface area (Å²) in [4.78, 5) is 2.37. The number of nitrogens with zero attached hydrogens (tertiary/aromatic N) is 1. The van der Waals surface area contributed by atoms with E-state index in [1.807, 2.05) is 19.2 Å². The first-order valence-electron chi connectivity index (χ1n) is 6.41. The van der Waals surface area contributed by atoms with Crippen LogP contribution in [0.25, 0.3) is 0 Å². The molecule has 1 saturated heterocycles. The van der Waals surface area contributed by atoms with Crippen LogP contribution < -0.4 is 10.2 Å². The van der Waals surface area contributed by atoms with Crippen LogP contribution in [0.5, 0.6) is 0 Å². The van der Waals surface area contributed by atoms with E-state index in [9.17, 15) is 5.11 Å². The van der Waals surface area contributed by atoms with Crippen LogP contribution in [0.3, 0.4) is 0 Å². The highest BCUT2D eigenvalue weighted by molar-refractivity contribution is 6.30. The number of nitrogens with one attached hydrogen (secondary N) is 1. The smallest absolute Gasteiger partial charge is 0.0614 e. The molecule has 0 spiro atoms. The second-order valence-corrected chi connectivity index (χ2v) is 5.54. The zero-order valence-electron chi connectivity index (χ0n) is 11.0. The number of aryl methyl sites for hydroxylation is 1. The summed E-state index contributed by atoms with van der Waals surface area (Å²) in [5, 5.41) is 13.5. The van der Waals surface area contributed by atoms with Crippen LogP contribution in [0.15, 0.2) is 18.2 Å². The van der Waals surface area contributed by atoms with Crippen molar-refractivity contribution in [2.45, 2.75) is 25.3 Å². The predicted molar refractivity (Wildman–Crippen MR) is 76.5 cm³/mol. The highest BCUT2D eigenvalue weighted by Crippen LogP contribution is 2.29. The number of likely N-dealkylation sites (N-methyl/N-ethyl adjacent to an activating group) is 1. The molecule has 4 heteroatoms. The zero-order valence-corrected chi connectivity index (χ0v) is 11.8. The van der Waals surface area contributed by atoms with Crippen LogP contribution >= 0.6 is 11.6 Å². The van der Waals surface area contributed by atoms with Gasteiger partial charge in [-0.05, 0) is 50.6 Å². The second kappa shape index (κ2) is 5.47. The monoisotopic (exact) mass is 268 g/mol. The van der Waals surface area contributed by atoms with E-state index in [-0.39, 0.29) is 12.1 Å². The van der Waals surface area contributed by atoms with Gasteiger partial charge in [0, 0.05) is 29.3 Å². The zero-order chi connectivity index (χ0) is 13.2. The first kappa shape index (κ1) is 13.7. The maximum absolute atomic E-state index is 9.49. The van der Waals surface area contributed by atoms with E-state index in [1.165, 1.54) is 11.3 Å². The summed E-state index contributed by atoms with van der Waals surface area (Å²) in [5.74, 6) is 0. The van der Waals surface area contributed by atoms with Crippen molar-refractivity contribution in [3.05, 3.63) is 28.8 Å². The predicted octanol–water partition coefficient (Wildman–Crippen LogP) is 2.20. The number of hydrogen-bond donors (Lipinski definition) is 2. The Bertz CT molecular complexity index is 408. The third kappa shape index (κ3) is 2.63. The van der Waals surface area contributed by atoms with Crippen molar-refractivity contribution in [1.82, 2.24) is 5.32 Å². The summed E-state index contributed by atoms with van der Waals surface area (Å²) in [6.07, 6.45) is 1.92. The summed E-state index contributed by atoms with van der Waals surface area (Å²) in [7, 11) is 1.93. The molecule has 1 aromatic carbocycles. The molecule has 2 rings (SSSR count). The van der Waals surface area contributed by atoms with Gasteiger partial charge in [-0.25, -0.2) is 0 Å². The Hall–Kier alpha value is -0.770. The second-order valence-electron chi connectivity index (χ2n) is 5.11. The SMILES string of the molecule is CNC1(CO)CCN(c2ccc(Cl)cc2C)CC1. The minimum absolute atomic E-state index is 0.100. The topological polar surface area (TPSA) is 35.5 Å². The van der Waals surface area contributed by atoms with Crippen molar-refractivity contribution in [2.75, 3.05) is 31.6 Å². The van der Waals surface area contributed by atoms with Crippen molar-refractivity contribution >= 4 is 17.3 Å². The number of piperidine rings is 1. The van der Waals surface area contributed by atoms with Gasteiger partial charge in [-0.2, -0.15) is 0 Å². The van der Waals surface area contributed by atoms with Crippen molar-refractivity contribution in [3.8, 4) is 0 Å². The molecule has 18 heavy (non-hydrogen) atoms. The lowest BCUT2D eigenvalue weighted by Gasteiger charge is -2.42. The van der Waals surface area contributed by atoms with E-state index < -0.39 is 0 Å². The molecule has 1 aliphatic heterocycles. The summed E-state index contributed by atoms with van der Waals surface area (Å²) in [6.45, 7) is 4.22. The average molecular weight is 269 g/mol. The van der Waals surface area contributed by atoms with Crippen LogP contribution in [0, 0.1) is 6.92 Å². The van der Waals surface area contributed by atoms with Crippen LogP contribution in [0.2, 0.25) is 5.02 Å². The molecule has 0 saturated carbocycles. The van der Waals surface area contributed by atoms with Gasteiger partial charge in [0.25, 0.3) is 0 Å². The van der Waals surface area contributed by atoms with Crippen molar-refractivity contribution < 1.29 is 5.11 Å². The number of rotatable bonds is 3. The number of halogens is 1. The molecule has 0 aromatic heterocycles. The number of aliphatic hydroxyl groups is 1. The molecule has 3 nitrogen and oxygen atoms in total. The quantitative estimate of drug-likeness (QED) is 0.882. The average Bonchev–Trinajstić information content (AvgIpc) is 2.39. The molecule has 1 heterocycles. The van der Waals surface area contributed by atoms with Gasteiger partial charge in [-0.3, -0.25) is 0 Å². The molecule has 1 fully saturated rings. The maximum Gasteiger partial charge on any atom is 0.0614 e. The van der Waals surface area contributed by atoms with Crippen molar-refractivity contribution in [3.63, 3.8) is 0 Å². The van der Waals surface area contributed by atoms with Crippen LogP contribution in [-0.4, -0.2) is 37.4 Å². The Morgan fingerprint density at radius 3 is 2.56 bits per heavy atom. The minimum Gasteiger partial charge on any atom is -0.394 e. The number of aliphatic hydroxyl groups excluding tert-OH is 1. The molecule has 1 aliphatic rings. The number of hydrogen-bond acceptors (Lipinski definition) is 3. The van der Waals surface area contributed by atoms with Crippen molar-refractivity contribution in [2.24, 2.45) is 0 Å². The van der Waals surface area contributed by atoms with Gasteiger partial charge in [0.05, 0.1) is 6.61 Å². The Balaban J connectivity index is 2.10. The highest BCUT2D eigenvalue weighted by Gasteiger charge is 2.32. The standard InChI is InChI=1S/C14H21ClN2O/c1-11-9-12(15)3-4-13(11)17-7-5-14(10-18,16-2)6-8-17/h3-4,9,16,18H,5-8,10H2,1-2H3. The molecule has 0 atom stereocenters. The van der Waals surface area contributed by atoms with Gasteiger partial charge >= 0.3 is 0 Å². The third-order valence-corrected chi connectivity index (χ3v) is 4.29. The summed E-state index contributed by atoms with van der Waals surface area (Å²) >= 11 is 5.98. The van der Waals surface area contributed by atoms with Gasteiger partial charge in [-0.1, -0.05) is 11.6 Å². The summed E-state index contributed by atoms with van der Waals surface area (Å²) in [5.41, 5.74) is 2.36. The molecule has 100 valence electrons. The van der Waals surface area contributed by atoms with E-state index in [2.05, 4.69) is 23.2 Å². The molecular formula is C14H21ClN2O. The van der Waals surface area contributed by atoms with E-state index in [0.29, 0.717) is 0 Å². The molecule has 0 bridgehead atoms. The maximum atomic E-state index is 9.49. The molecule has 0 unspecified atom stereocenters. The Kier molecular flexibility index (Phi) is 4.15. The minimum atomic E-state index is -0.100. The van der Waals surface area contributed by atoms with E-state index in [1.54, 1.807) is 0 Å². The Morgan fingerprint density at radius 1 is 1.39 bits per heavy atom. The lowest BCUT2D eigenvalue weighted by atomic mass is 9.88. The molecule has 1 aromatic rings. The molecular weight excluding hydrogens is 248 g/mol. The highest BCUT2D eigenvalue weighted by atomic mass is 35.5. The fourth-order valence-electron chi connectivity index (χ4n) is 2.64. The summed E-state index contributed by atoms with van der Waals surface area (Å²) in [6, 6.07) is 6.03. The van der Waals surface area contributed by atoms with Crippen LogP contribution in [0.1, 0.15) is 18.4 Å². The molecule has 2 N–H and O–H groups in total. The Labute approximate surface area is 114 Å². The van der Waals surface area contributed by atoms with Gasteiger partial charge in [-0.15, -0.1) is 0 Å². The Morgan fingerprint density at radius 2 is 2.06 bits per heavy atom. The van der Waals surface area contributed by atoms with Gasteiger partial charge in [0.1, 0.15) is 0 Å². The van der Waals surface area contributed by atoms with Crippen LogP contribution in [0.4, 0.5) is 5.69 Å². The third-order valence-electron chi connectivity index (χ3n) is 4.05. The van der Waals surface area contributed by atoms with E-state index in [0.717, 1.165) is 31.0 Å². The number of benzene rings is 1. The largest absolute Gasteiger partial charge is 0.394 e. The van der Waals surface area contributed by atoms with Gasteiger partial charge in [0.15, 0.2) is 0 Å². The first-order valence-corrected chi connectivity index (χ1v) is 6.79. The van der Waals surface area contributed by atoms with Gasteiger partial charge < -0.3 is 15.3 Å². The lowest BCUT2D eigenvalue weighted by Crippen LogP contribution is -2.54. The number of anilines is 1. The van der Waals surface area contributed by atoms with E-state index >= 15 is 0 Å². The molecule has 0 amide bonds. The van der Waals surface area contributed by atoms with Crippen LogP contribution in [-0.2, 0) is 0 Å². The van der Waals surface area contributed by atoms with E-state index in [4.69, 9.17) is 11.6 Å². The fourth-order valence-corrected chi connectivity index (χ4v) is 2.86.